The summed E-state index contributed by atoms with van der Waals surface area (Å²) in [5, 5.41) is 0.775. The molecule has 0 saturated heterocycles. The average molecular weight is 337 g/mol. The minimum Gasteiger partial charge on any atom is -0.0888 e. The van der Waals surface area contributed by atoms with Crippen molar-refractivity contribution in [1.82, 2.24) is 0 Å². The van der Waals surface area contributed by atoms with Gasteiger partial charge in [0.05, 0.1) is 0 Å². The summed E-state index contributed by atoms with van der Waals surface area (Å²) >= 11 is 7.93. The fourth-order valence-electron chi connectivity index (χ4n) is 3.32. The Kier molecular flexibility index (Phi) is 3.51. The summed E-state index contributed by atoms with van der Waals surface area (Å²) < 4.78 is 0. The Morgan fingerprint density at radius 2 is 1.48 bits per heavy atom. The predicted octanol–water partition coefficient (Wildman–Crippen LogP) is 6.80. The third-order valence-corrected chi connectivity index (χ3v) is 6.09. The maximum absolute atomic E-state index is 6.05. The van der Waals surface area contributed by atoms with Crippen LogP contribution in [0.2, 0.25) is 5.02 Å². The number of hydrogen-bond acceptors (Lipinski definition) is 1. The highest BCUT2D eigenvalue weighted by Crippen LogP contribution is 2.51. The highest BCUT2D eigenvalue weighted by atomic mass is 35.5. The van der Waals surface area contributed by atoms with Gasteiger partial charge in [0.2, 0.25) is 0 Å². The van der Waals surface area contributed by atoms with Crippen molar-refractivity contribution in [3.05, 3.63) is 82.9 Å². The van der Waals surface area contributed by atoms with Crippen molar-refractivity contribution < 1.29 is 0 Å². The van der Waals surface area contributed by atoms with Crippen molar-refractivity contribution in [2.45, 2.75) is 29.1 Å². The van der Waals surface area contributed by atoms with Crippen LogP contribution in [0.1, 0.15) is 25.0 Å². The Balaban J connectivity index is 1.94. The number of halogens is 1. The van der Waals surface area contributed by atoms with Crippen LogP contribution in [-0.4, -0.2) is 0 Å². The van der Waals surface area contributed by atoms with Crippen LogP contribution in [0.5, 0.6) is 0 Å². The van der Waals surface area contributed by atoms with Crippen LogP contribution < -0.4 is 0 Å². The summed E-state index contributed by atoms with van der Waals surface area (Å²) in [5.41, 5.74) is 5.32. The summed E-state index contributed by atoms with van der Waals surface area (Å²) in [7, 11) is 0. The topological polar surface area (TPSA) is 0 Å². The SMILES string of the molecule is CC1(C)c2ccccc2Sc2c(-c3ccc(Cl)cc3)cccc21. The number of hydrogen-bond donors (Lipinski definition) is 0. The second kappa shape index (κ2) is 5.43. The summed E-state index contributed by atoms with van der Waals surface area (Å²) in [5.74, 6) is 0. The molecule has 3 aromatic rings. The fraction of sp³-hybridized carbons (Fsp3) is 0.143. The third kappa shape index (κ3) is 2.39. The fourth-order valence-corrected chi connectivity index (χ4v) is 4.98. The molecular formula is C21H17ClS. The van der Waals surface area contributed by atoms with Gasteiger partial charge in [0.25, 0.3) is 0 Å². The smallest absolute Gasteiger partial charge is 0.0406 e. The maximum Gasteiger partial charge on any atom is 0.0406 e. The molecule has 4 rings (SSSR count). The molecule has 0 aliphatic carbocycles. The van der Waals surface area contributed by atoms with E-state index in [1.807, 2.05) is 23.9 Å². The molecule has 0 unspecified atom stereocenters. The second-order valence-corrected chi connectivity index (χ2v) is 7.90. The van der Waals surface area contributed by atoms with E-state index >= 15 is 0 Å². The largest absolute Gasteiger partial charge is 0.0888 e. The molecule has 0 aromatic heterocycles. The van der Waals surface area contributed by atoms with E-state index in [1.165, 1.54) is 32.0 Å². The van der Waals surface area contributed by atoms with Gasteiger partial charge in [-0.3, -0.25) is 0 Å². The normalized spacial score (nSPS) is 14.9. The maximum atomic E-state index is 6.05. The van der Waals surface area contributed by atoms with E-state index in [1.54, 1.807) is 0 Å². The first-order chi connectivity index (χ1) is 11.1. The van der Waals surface area contributed by atoms with Crippen molar-refractivity contribution in [3.8, 4) is 11.1 Å². The van der Waals surface area contributed by atoms with Crippen molar-refractivity contribution in [3.63, 3.8) is 0 Å². The Labute approximate surface area is 146 Å². The lowest BCUT2D eigenvalue weighted by Crippen LogP contribution is -2.23. The van der Waals surface area contributed by atoms with Gasteiger partial charge in [-0.05, 0) is 40.5 Å². The molecule has 0 bridgehead atoms. The summed E-state index contributed by atoms with van der Waals surface area (Å²) in [4.78, 5) is 2.71. The highest BCUT2D eigenvalue weighted by molar-refractivity contribution is 7.99. The molecule has 114 valence electrons. The molecule has 0 nitrogen and oxygen atoms in total. The van der Waals surface area contributed by atoms with Gasteiger partial charge in [-0.15, -0.1) is 0 Å². The molecule has 0 amide bonds. The molecule has 0 N–H and O–H groups in total. The van der Waals surface area contributed by atoms with Crippen LogP contribution in [0, 0.1) is 0 Å². The monoisotopic (exact) mass is 336 g/mol. The molecule has 0 atom stereocenters. The standard InChI is InChI=1S/C21H17ClS/c1-21(2)17-7-3-4-9-19(17)23-20-16(6-5-8-18(20)21)14-10-12-15(22)13-11-14/h3-13H,1-2H3. The molecule has 0 radical (unpaired) electrons. The lowest BCUT2D eigenvalue weighted by Gasteiger charge is -2.35. The molecule has 1 heterocycles. The Morgan fingerprint density at radius 3 is 2.26 bits per heavy atom. The first-order valence-electron chi connectivity index (χ1n) is 7.74. The molecule has 23 heavy (non-hydrogen) atoms. The zero-order valence-corrected chi connectivity index (χ0v) is 14.7. The van der Waals surface area contributed by atoms with Crippen LogP contribution in [0.4, 0.5) is 0 Å². The van der Waals surface area contributed by atoms with Crippen molar-refractivity contribution in [2.75, 3.05) is 0 Å². The molecule has 2 heteroatoms. The lowest BCUT2D eigenvalue weighted by atomic mass is 9.77. The van der Waals surface area contributed by atoms with Crippen LogP contribution in [-0.2, 0) is 5.41 Å². The lowest BCUT2D eigenvalue weighted by molar-refractivity contribution is 0.608. The van der Waals surface area contributed by atoms with Crippen LogP contribution in [0.15, 0.2) is 76.5 Å². The van der Waals surface area contributed by atoms with Gasteiger partial charge < -0.3 is 0 Å². The summed E-state index contributed by atoms with van der Waals surface area (Å²) in [6, 6.07) is 23.5. The van der Waals surface area contributed by atoms with E-state index in [4.69, 9.17) is 11.6 Å². The highest BCUT2D eigenvalue weighted by Gasteiger charge is 2.33. The van der Waals surface area contributed by atoms with Gasteiger partial charge in [-0.2, -0.15) is 0 Å². The van der Waals surface area contributed by atoms with Gasteiger partial charge in [-0.1, -0.05) is 85.7 Å². The van der Waals surface area contributed by atoms with Gasteiger partial charge in [0, 0.05) is 20.2 Å². The third-order valence-electron chi connectivity index (χ3n) is 4.62. The number of rotatable bonds is 1. The quantitative estimate of drug-likeness (QED) is 0.471. The first kappa shape index (κ1) is 14.9. The molecule has 3 aromatic carbocycles. The molecule has 0 spiro atoms. The van der Waals surface area contributed by atoms with Crippen molar-refractivity contribution in [2.24, 2.45) is 0 Å². The van der Waals surface area contributed by atoms with E-state index in [2.05, 4.69) is 68.4 Å². The minimum absolute atomic E-state index is 0.0135. The van der Waals surface area contributed by atoms with E-state index in [-0.39, 0.29) is 5.41 Å². The van der Waals surface area contributed by atoms with Crippen LogP contribution in [0.3, 0.4) is 0 Å². The minimum atomic E-state index is 0.0135. The second-order valence-electron chi connectivity index (χ2n) is 6.41. The number of fused-ring (bicyclic) bond motifs is 2. The zero-order chi connectivity index (χ0) is 16.0. The number of benzene rings is 3. The summed E-state index contributed by atoms with van der Waals surface area (Å²) in [6.07, 6.45) is 0. The Morgan fingerprint density at radius 1 is 0.783 bits per heavy atom. The van der Waals surface area contributed by atoms with Gasteiger partial charge in [0.1, 0.15) is 0 Å². The molecule has 1 aliphatic heterocycles. The van der Waals surface area contributed by atoms with Crippen LogP contribution >= 0.6 is 23.4 Å². The predicted molar refractivity (Wildman–Crippen MR) is 99.6 cm³/mol. The van der Waals surface area contributed by atoms with Gasteiger partial charge in [0.15, 0.2) is 0 Å². The van der Waals surface area contributed by atoms with E-state index in [0.717, 1.165) is 5.02 Å². The van der Waals surface area contributed by atoms with Gasteiger partial charge in [-0.25, -0.2) is 0 Å². The van der Waals surface area contributed by atoms with E-state index < -0.39 is 0 Å². The zero-order valence-electron chi connectivity index (χ0n) is 13.1. The van der Waals surface area contributed by atoms with Gasteiger partial charge >= 0.3 is 0 Å². The van der Waals surface area contributed by atoms with E-state index in [0.29, 0.717) is 0 Å². The van der Waals surface area contributed by atoms with Crippen molar-refractivity contribution >= 4 is 23.4 Å². The molecule has 0 saturated carbocycles. The van der Waals surface area contributed by atoms with Crippen LogP contribution in [0.25, 0.3) is 11.1 Å². The summed E-state index contributed by atoms with van der Waals surface area (Å²) in [6.45, 7) is 4.63. The average Bonchev–Trinajstić information content (AvgIpc) is 2.56. The molecule has 0 fully saturated rings. The molecular weight excluding hydrogens is 320 g/mol. The van der Waals surface area contributed by atoms with E-state index in [9.17, 15) is 0 Å². The Bertz CT molecular complexity index is 879. The van der Waals surface area contributed by atoms with Crippen molar-refractivity contribution in [1.29, 1.82) is 0 Å². The molecule has 1 aliphatic rings. The Hall–Kier alpha value is -1.70. The first-order valence-corrected chi connectivity index (χ1v) is 8.93.